The molecular weight excluding hydrogens is 216 g/mol. The first-order valence-corrected chi connectivity index (χ1v) is 4.73. The molecule has 2 rings (SSSR count). The van der Waals surface area contributed by atoms with Gasteiger partial charge in [0.1, 0.15) is 11.5 Å². The Bertz CT molecular complexity index is 327. The van der Waals surface area contributed by atoms with Crippen LogP contribution in [0.3, 0.4) is 0 Å². The Morgan fingerprint density at radius 2 is 2.00 bits per heavy atom. The molecule has 0 amide bonds. The highest BCUT2D eigenvalue weighted by Gasteiger charge is 2.17. The van der Waals surface area contributed by atoms with Gasteiger partial charge in [0.05, 0.1) is 0 Å². The third-order valence-electron chi connectivity index (χ3n) is 2.43. The molecule has 1 atom stereocenters. The van der Waals surface area contributed by atoms with E-state index >= 15 is 0 Å². The summed E-state index contributed by atoms with van der Waals surface area (Å²) in [5.74, 6) is 0.411. The van der Waals surface area contributed by atoms with Crippen molar-refractivity contribution in [2.75, 3.05) is 19.6 Å². The fraction of sp³-hybridized carbons (Fsp3) is 0.400. The van der Waals surface area contributed by atoms with Gasteiger partial charge in [0.25, 0.3) is 0 Å². The first-order valence-electron chi connectivity index (χ1n) is 4.73. The first kappa shape index (κ1) is 12.1. The van der Waals surface area contributed by atoms with E-state index < -0.39 is 0 Å². The summed E-state index contributed by atoms with van der Waals surface area (Å²) in [7, 11) is 0. The quantitative estimate of drug-likeness (QED) is 0.538. The largest absolute Gasteiger partial charge is 0.508 e. The number of phenols is 2. The summed E-state index contributed by atoms with van der Waals surface area (Å²) in [6, 6.07) is 4.67. The second kappa shape index (κ2) is 5.21. The molecule has 0 aromatic heterocycles. The number of hydrogen-bond acceptors (Lipinski definition) is 4. The number of benzene rings is 1. The average Bonchev–Trinajstić information content (AvgIpc) is 2.23. The lowest BCUT2D eigenvalue weighted by molar-refractivity contribution is 0.400. The molecule has 84 valence electrons. The topological polar surface area (TPSA) is 64.5 Å². The number of piperazine rings is 1. The molecule has 0 aliphatic carbocycles. The van der Waals surface area contributed by atoms with Crippen molar-refractivity contribution in [1.29, 1.82) is 0 Å². The lowest BCUT2D eigenvalue weighted by atomic mass is 10.0. The molecule has 1 aliphatic rings. The van der Waals surface area contributed by atoms with E-state index in [-0.39, 0.29) is 29.9 Å². The molecule has 5 heteroatoms. The van der Waals surface area contributed by atoms with Crippen LogP contribution in [0.15, 0.2) is 18.2 Å². The molecule has 1 aromatic rings. The molecule has 0 bridgehead atoms. The Kier molecular flexibility index (Phi) is 4.20. The van der Waals surface area contributed by atoms with E-state index in [4.69, 9.17) is 0 Å². The highest BCUT2D eigenvalue weighted by molar-refractivity contribution is 5.85. The second-order valence-electron chi connectivity index (χ2n) is 3.45. The molecule has 1 fully saturated rings. The predicted octanol–water partition coefficient (Wildman–Crippen LogP) is 0.753. The van der Waals surface area contributed by atoms with Crippen LogP contribution in [-0.4, -0.2) is 29.8 Å². The Balaban J connectivity index is 0.00000112. The van der Waals surface area contributed by atoms with Crippen LogP contribution < -0.4 is 10.6 Å². The lowest BCUT2D eigenvalue weighted by Crippen LogP contribution is -2.42. The zero-order chi connectivity index (χ0) is 9.97. The van der Waals surface area contributed by atoms with Crippen molar-refractivity contribution >= 4 is 12.4 Å². The van der Waals surface area contributed by atoms with Gasteiger partial charge in [0, 0.05) is 31.2 Å². The van der Waals surface area contributed by atoms with Crippen molar-refractivity contribution in [3.05, 3.63) is 23.8 Å². The highest BCUT2D eigenvalue weighted by Crippen LogP contribution is 2.28. The SMILES string of the molecule is Cl.Oc1ccc(O)c([C@@H]2CNCCN2)c1. The number of aromatic hydroxyl groups is 2. The molecule has 4 N–H and O–H groups in total. The van der Waals surface area contributed by atoms with Crippen LogP contribution in [0.25, 0.3) is 0 Å². The summed E-state index contributed by atoms with van der Waals surface area (Å²) < 4.78 is 0. The summed E-state index contributed by atoms with van der Waals surface area (Å²) in [6.45, 7) is 2.59. The van der Waals surface area contributed by atoms with Gasteiger partial charge in [-0.2, -0.15) is 0 Å². The summed E-state index contributed by atoms with van der Waals surface area (Å²) in [6.07, 6.45) is 0. The van der Waals surface area contributed by atoms with Crippen molar-refractivity contribution in [3.63, 3.8) is 0 Å². The summed E-state index contributed by atoms with van der Waals surface area (Å²) in [5, 5.41) is 25.4. The molecular formula is C10H15ClN2O2. The minimum Gasteiger partial charge on any atom is -0.508 e. The number of nitrogens with one attached hydrogen (secondary N) is 2. The zero-order valence-electron chi connectivity index (χ0n) is 8.23. The maximum Gasteiger partial charge on any atom is 0.120 e. The summed E-state index contributed by atoms with van der Waals surface area (Å²) in [5.41, 5.74) is 0.747. The van der Waals surface area contributed by atoms with E-state index in [1.807, 2.05) is 0 Å². The van der Waals surface area contributed by atoms with Crippen molar-refractivity contribution in [3.8, 4) is 11.5 Å². The molecule has 0 saturated carbocycles. The predicted molar refractivity (Wildman–Crippen MR) is 60.6 cm³/mol. The number of halogens is 1. The van der Waals surface area contributed by atoms with Gasteiger partial charge in [-0.1, -0.05) is 0 Å². The Morgan fingerprint density at radius 3 is 2.67 bits per heavy atom. The smallest absolute Gasteiger partial charge is 0.120 e. The van der Waals surface area contributed by atoms with Crippen molar-refractivity contribution in [2.45, 2.75) is 6.04 Å². The monoisotopic (exact) mass is 230 g/mol. The minimum absolute atomic E-state index is 0. The Morgan fingerprint density at radius 1 is 1.20 bits per heavy atom. The third kappa shape index (κ3) is 2.75. The van der Waals surface area contributed by atoms with E-state index in [0.29, 0.717) is 0 Å². The van der Waals surface area contributed by atoms with Gasteiger partial charge in [-0.25, -0.2) is 0 Å². The average molecular weight is 231 g/mol. The molecule has 15 heavy (non-hydrogen) atoms. The molecule has 1 saturated heterocycles. The van der Waals surface area contributed by atoms with Crippen LogP contribution >= 0.6 is 12.4 Å². The van der Waals surface area contributed by atoms with E-state index in [2.05, 4.69) is 10.6 Å². The molecule has 0 radical (unpaired) electrons. The van der Waals surface area contributed by atoms with Gasteiger partial charge >= 0.3 is 0 Å². The minimum atomic E-state index is 0. The van der Waals surface area contributed by atoms with Crippen molar-refractivity contribution < 1.29 is 10.2 Å². The summed E-state index contributed by atoms with van der Waals surface area (Å²) in [4.78, 5) is 0. The normalized spacial score (nSPS) is 20.7. The van der Waals surface area contributed by atoms with E-state index in [1.165, 1.54) is 12.1 Å². The fourth-order valence-electron chi connectivity index (χ4n) is 1.69. The van der Waals surface area contributed by atoms with Crippen LogP contribution in [0.4, 0.5) is 0 Å². The van der Waals surface area contributed by atoms with E-state index in [1.54, 1.807) is 6.07 Å². The highest BCUT2D eigenvalue weighted by atomic mass is 35.5. The molecule has 0 unspecified atom stereocenters. The Hall–Kier alpha value is -0.970. The van der Waals surface area contributed by atoms with E-state index in [0.717, 1.165) is 25.2 Å². The van der Waals surface area contributed by atoms with Crippen LogP contribution in [0.2, 0.25) is 0 Å². The van der Waals surface area contributed by atoms with Crippen molar-refractivity contribution in [2.24, 2.45) is 0 Å². The standard InChI is InChI=1S/C10H14N2O2.ClH/c13-7-1-2-10(14)8(5-7)9-6-11-3-4-12-9;/h1-2,5,9,11-14H,3-4,6H2;1H/t9-;/m0./s1. The van der Waals surface area contributed by atoms with Crippen LogP contribution in [0.1, 0.15) is 11.6 Å². The Labute approximate surface area is 94.7 Å². The van der Waals surface area contributed by atoms with Crippen LogP contribution in [0, 0.1) is 0 Å². The number of hydrogen-bond donors (Lipinski definition) is 4. The van der Waals surface area contributed by atoms with Crippen molar-refractivity contribution in [1.82, 2.24) is 10.6 Å². The molecule has 0 spiro atoms. The van der Waals surface area contributed by atoms with Crippen LogP contribution in [-0.2, 0) is 0 Å². The fourth-order valence-corrected chi connectivity index (χ4v) is 1.69. The zero-order valence-corrected chi connectivity index (χ0v) is 9.05. The number of phenolic OH excluding ortho intramolecular Hbond substituents is 2. The third-order valence-corrected chi connectivity index (χ3v) is 2.43. The molecule has 1 heterocycles. The van der Waals surface area contributed by atoms with Gasteiger partial charge in [-0.15, -0.1) is 12.4 Å². The van der Waals surface area contributed by atoms with Gasteiger partial charge in [-0.05, 0) is 18.2 Å². The van der Waals surface area contributed by atoms with Crippen LogP contribution in [0.5, 0.6) is 11.5 Å². The first-order chi connectivity index (χ1) is 6.77. The summed E-state index contributed by atoms with van der Waals surface area (Å²) >= 11 is 0. The maximum absolute atomic E-state index is 9.61. The lowest BCUT2D eigenvalue weighted by Gasteiger charge is -2.25. The molecule has 1 aromatic carbocycles. The van der Waals surface area contributed by atoms with E-state index in [9.17, 15) is 10.2 Å². The van der Waals surface area contributed by atoms with Gasteiger partial charge in [0.15, 0.2) is 0 Å². The molecule has 4 nitrogen and oxygen atoms in total. The van der Waals surface area contributed by atoms with Gasteiger partial charge < -0.3 is 20.8 Å². The second-order valence-corrected chi connectivity index (χ2v) is 3.45. The van der Waals surface area contributed by atoms with Gasteiger partial charge in [-0.3, -0.25) is 0 Å². The molecule has 1 aliphatic heterocycles. The van der Waals surface area contributed by atoms with Gasteiger partial charge in [0.2, 0.25) is 0 Å². The maximum atomic E-state index is 9.61. The number of rotatable bonds is 1.